The van der Waals surface area contributed by atoms with Crippen molar-refractivity contribution < 1.29 is 9.53 Å². The Bertz CT molecular complexity index is 689. The maximum Gasteiger partial charge on any atom is 0.221 e. The molecule has 0 radical (unpaired) electrons. The highest BCUT2D eigenvalue weighted by molar-refractivity contribution is 5.77. The maximum atomic E-state index is 12.6. The van der Waals surface area contributed by atoms with Gasteiger partial charge in [-0.3, -0.25) is 4.79 Å². The molecular formula is C19H25N3O2. The van der Waals surface area contributed by atoms with Crippen LogP contribution in [0.15, 0.2) is 36.7 Å². The molecule has 1 saturated carbocycles. The lowest BCUT2D eigenvalue weighted by atomic mass is 10.0. The fraction of sp³-hybridized carbons (Fsp3) is 0.474. The Labute approximate surface area is 143 Å². The van der Waals surface area contributed by atoms with E-state index in [1.807, 2.05) is 42.1 Å². The summed E-state index contributed by atoms with van der Waals surface area (Å²) in [6, 6.07) is 7.47. The van der Waals surface area contributed by atoms with E-state index in [0.717, 1.165) is 30.0 Å². The molecule has 1 aliphatic carbocycles. The Hall–Kier alpha value is -2.30. The predicted octanol–water partition coefficient (Wildman–Crippen LogP) is 3.21. The van der Waals surface area contributed by atoms with Crippen LogP contribution >= 0.6 is 0 Å². The molecule has 1 aromatic heterocycles. The summed E-state index contributed by atoms with van der Waals surface area (Å²) in [6.07, 6.45) is 9.04. The average Bonchev–Trinajstić information content (AvgIpc) is 3.24. The zero-order valence-corrected chi connectivity index (χ0v) is 14.4. The number of aromatic nitrogens is 2. The standard InChI is InChI=1S/C19H25N3O2/c1-22-12-11-20-19(22)18(15-9-5-6-10-16(15)24-2)21-17(23)13-14-7-3-4-8-14/h5-6,9-12,14,18H,3-4,7-8,13H2,1-2H3,(H,21,23). The molecular weight excluding hydrogens is 302 g/mol. The van der Waals surface area contributed by atoms with E-state index in [-0.39, 0.29) is 11.9 Å². The summed E-state index contributed by atoms with van der Waals surface area (Å²) in [5.74, 6) is 2.16. The van der Waals surface area contributed by atoms with Crippen LogP contribution in [0.25, 0.3) is 0 Å². The van der Waals surface area contributed by atoms with Gasteiger partial charge in [0.15, 0.2) is 0 Å². The van der Waals surface area contributed by atoms with E-state index in [4.69, 9.17) is 4.74 Å². The number of hydrogen-bond acceptors (Lipinski definition) is 3. The van der Waals surface area contributed by atoms with Crippen molar-refractivity contribution in [2.24, 2.45) is 13.0 Å². The van der Waals surface area contributed by atoms with Gasteiger partial charge in [0.25, 0.3) is 0 Å². The SMILES string of the molecule is COc1ccccc1C(NC(=O)CC1CCCC1)c1nccn1C. The van der Waals surface area contributed by atoms with E-state index in [9.17, 15) is 4.79 Å². The van der Waals surface area contributed by atoms with Crippen LogP contribution < -0.4 is 10.1 Å². The molecule has 1 aromatic carbocycles. The van der Waals surface area contributed by atoms with Crippen molar-refractivity contribution in [1.82, 2.24) is 14.9 Å². The fourth-order valence-corrected chi connectivity index (χ4v) is 3.54. The maximum absolute atomic E-state index is 12.6. The second kappa shape index (κ2) is 7.51. The lowest BCUT2D eigenvalue weighted by Crippen LogP contribution is -2.32. The molecule has 1 N–H and O–H groups in total. The third-order valence-electron chi connectivity index (χ3n) is 4.82. The van der Waals surface area contributed by atoms with Gasteiger partial charge in [-0.05, 0) is 24.8 Å². The lowest BCUT2D eigenvalue weighted by Gasteiger charge is -2.22. The predicted molar refractivity (Wildman–Crippen MR) is 92.8 cm³/mol. The first-order valence-corrected chi connectivity index (χ1v) is 8.58. The normalized spacial score (nSPS) is 16.1. The van der Waals surface area contributed by atoms with Crippen molar-refractivity contribution >= 4 is 5.91 Å². The zero-order chi connectivity index (χ0) is 16.9. The molecule has 1 fully saturated rings. The Morgan fingerprint density at radius 1 is 1.38 bits per heavy atom. The van der Waals surface area contributed by atoms with Crippen LogP contribution in [0, 0.1) is 5.92 Å². The molecule has 1 atom stereocenters. The number of benzene rings is 1. The summed E-state index contributed by atoms with van der Waals surface area (Å²) in [4.78, 5) is 17.0. The average molecular weight is 327 g/mol. The van der Waals surface area contributed by atoms with Crippen LogP contribution in [-0.2, 0) is 11.8 Å². The number of carbonyl (C=O) groups is 1. The van der Waals surface area contributed by atoms with Gasteiger partial charge in [-0.15, -0.1) is 0 Å². The van der Waals surface area contributed by atoms with Crippen molar-refractivity contribution in [3.63, 3.8) is 0 Å². The van der Waals surface area contributed by atoms with E-state index in [2.05, 4.69) is 10.3 Å². The monoisotopic (exact) mass is 327 g/mol. The minimum absolute atomic E-state index is 0.0841. The highest BCUT2D eigenvalue weighted by atomic mass is 16.5. The molecule has 5 heteroatoms. The zero-order valence-electron chi connectivity index (χ0n) is 14.4. The van der Waals surface area contributed by atoms with Gasteiger partial charge in [-0.25, -0.2) is 4.98 Å². The van der Waals surface area contributed by atoms with E-state index in [0.29, 0.717) is 12.3 Å². The molecule has 0 spiro atoms. The van der Waals surface area contributed by atoms with Crippen molar-refractivity contribution in [1.29, 1.82) is 0 Å². The number of nitrogens with one attached hydrogen (secondary N) is 1. The largest absolute Gasteiger partial charge is 0.496 e. The van der Waals surface area contributed by atoms with Crippen LogP contribution in [0.3, 0.4) is 0 Å². The number of carbonyl (C=O) groups excluding carboxylic acids is 1. The molecule has 0 bridgehead atoms. The van der Waals surface area contributed by atoms with Crippen molar-refractivity contribution in [3.05, 3.63) is 48.0 Å². The van der Waals surface area contributed by atoms with E-state index in [1.165, 1.54) is 12.8 Å². The number of rotatable bonds is 6. The smallest absolute Gasteiger partial charge is 0.221 e. The van der Waals surface area contributed by atoms with Crippen LogP contribution in [0.5, 0.6) is 5.75 Å². The lowest BCUT2D eigenvalue weighted by molar-refractivity contribution is -0.122. The van der Waals surface area contributed by atoms with Crippen molar-refractivity contribution in [3.8, 4) is 5.75 Å². The molecule has 24 heavy (non-hydrogen) atoms. The second-order valence-electron chi connectivity index (χ2n) is 6.49. The van der Waals surface area contributed by atoms with Gasteiger partial charge >= 0.3 is 0 Å². The number of hydrogen-bond donors (Lipinski definition) is 1. The van der Waals surface area contributed by atoms with Crippen LogP contribution in [-0.4, -0.2) is 22.6 Å². The first-order chi connectivity index (χ1) is 11.7. The highest BCUT2D eigenvalue weighted by Crippen LogP contribution is 2.31. The molecule has 5 nitrogen and oxygen atoms in total. The molecule has 1 aliphatic rings. The summed E-state index contributed by atoms with van der Waals surface area (Å²) in [7, 11) is 3.59. The number of amides is 1. The number of para-hydroxylation sites is 1. The summed E-state index contributed by atoms with van der Waals surface area (Å²) in [5.41, 5.74) is 0.925. The third-order valence-corrected chi connectivity index (χ3v) is 4.82. The highest BCUT2D eigenvalue weighted by Gasteiger charge is 2.25. The van der Waals surface area contributed by atoms with Gasteiger partial charge in [-0.1, -0.05) is 31.0 Å². The Morgan fingerprint density at radius 2 is 2.12 bits per heavy atom. The van der Waals surface area contributed by atoms with Gasteiger partial charge in [0.2, 0.25) is 5.91 Å². The number of ether oxygens (including phenoxy) is 1. The van der Waals surface area contributed by atoms with Crippen LogP contribution in [0.2, 0.25) is 0 Å². The van der Waals surface area contributed by atoms with Gasteiger partial charge in [0.05, 0.1) is 7.11 Å². The Morgan fingerprint density at radius 3 is 2.79 bits per heavy atom. The summed E-state index contributed by atoms with van der Waals surface area (Å²) < 4.78 is 7.43. The molecule has 128 valence electrons. The molecule has 1 heterocycles. The fourth-order valence-electron chi connectivity index (χ4n) is 3.54. The minimum atomic E-state index is -0.310. The van der Waals surface area contributed by atoms with Crippen LogP contribution in [0.1, 0.15) is 49.5 Å². The first kappa shape index (κ1) is 16.6. The van der Waals surface area contributed by atoms with E-state index < -0.39 is 0 Å². The molecule has 1 unspecified atom stereocenters. The van der Waals surface area contributed by atoms with Crippen molar-refractivity contribution in [2.75, 3.05) is 7.11 Å². The van der Waals surface area contributed by atoms with Crippen LogP contribution in [0.4, 0.5) is 0 Å². The Kier molecular flexibility index (Phi) is 5.18. The van der Waals surface area contributed by atoms with Gasteiger partial charge < -0.3 is 14.6 Å². The quantitative estimate of drug-likeness (QED) is 0.886. The summed E-state index contributed by atoms with van der Waals surface area (Å²) in [6.45, 7) is 0. The first-order valence-electron chi connectivity index (χ1n) is 8.58. The third kappa shape index (κ3) is 3.61. The topological polar surface area (TPSA) is 56.1 Å². The minimum Gasteiger partial charge on any atom is -0.496 e. The molecule has 1 amide bonds. The number of nitrogens with zero attached hydrogens (tertiary/aromatic N) is 2. The van der Waals surface area contributed by atoms with Gasteiger partial charge in [-0.2, -0.15) is 0 Å². The van der Waals surface area contributed by atoms with Crippen molar-refractivity contribution in [2.45, 2.75) is 38.1 Å². The second-order valence-corrected chi connectivity index (χ2v) is 6.49. The summed E-state index contributed by atoms with van der Waals surface area (Å²) >= 11 is 0. The molecule has 2 aromatic rings. The summed E-state index contributed by atoms with van der Waals surface area (Å²) in [5, 5.41) is 3.18. The molecule has 0 saturated heterocycles. The Balaban J connectivity index is 1.85. The number of aryl methyl sites for hydroxylation is 1. The van der Waals surface area contributed by atoms with E-state index in [1.54, 1.807) is 13.3 Å². The molecule has 3 rings (SSSR count). The van der Waals surface area contributed by atoms with Gasteiger partial charge in [0, 0.05) is 31.4 Å². The number of methoxy groups -OCH3 is 1. The van der Waals surface area contributed by atoms with Gasteiger partial charge in [0.1, 0.15) is 17.6 Å². The number of imidazole rings is 1. The van der Waals surface area contributed by atoms with E-state index >= 15 is 0 Å². The molecule has 0 aliphatic heterocycles.